The summed E-state index contributed by atoms with van der Waals surface area (Å²) in [5.74, 6) is -1.10. The van der Waals surface area contributed by atoms with Crippen LogP contribution in [-0.4, -0.2) is 33.4 Å². The second kappa shape index (κ2) is 25.2. The maximum atomic E-state index is 16.8. The van der Waals surface area contributed by atoms with Crippen molar-refractivity contribution in [2.45, 2.75) is 203 Å². The third-order valence-electron chi connectivity index (χ3n) is 12.0. The van der Waals surface area contributed by atoms with E-state index in [0.29, 0.717) is 29.1 Å². The topological polar surface area (TPSA) is 30.7 Å². The zero-order valence-corrected chi connectivity index (χ0v) is 40.2. The third-order valence-corrected chi connectivity index (χ3v) is 32.4. The van der Waals surface area contributed by atoms with Crippen LogP contribution in [0.3, 0.4) is 0 Å². The van der Waals surface area contributed by atoms with Gasteiger partial charge in [-0.25, -0.2) is 0 Å². The molecule has 0 saturated carbocycles. The van der Waals surface area contributed by atoms with Crippen LogP contribution in [0.2, 0.25) is 13.3 Å². The minimum atomic E-state index is -2.78. The van der Waals surface area contributed by atoms with Gasteiger partial charge in [0.2, 0.25) is 0 Å². The number of benzene rings is 1. The van der Waals surface area contributed by atoms with Crippen LogP contribution >= 0.6 is 22.7 Å². The van der Waals surface area contributed by atoms with Gasteiger partial charge in [-0.3, -0.25) is 0 Å². The number of fused-ring (bicyclic) bond motifs is 1. The summed E-state index contributed by atoms with van der Waals surface area (Å²) in [6, 6.07) is 8.33. The number of aromatic nitrogens is 3. The zero-order chi connectivity index (χ0) is 39.5. The Morgan fingerprint density at radius 1 is 0.545 bits per heavy atom. The Morgan fingerprint density at radius 2 is 0.964 bits per heavy atom. The van der Waals surface area contributed by atoms with Crippen molar-refractivity contribution in [2.75, 3.05) is 0 Å². The van der Waals surface area contributed by atoms with Crippen LogP contribution in [0.15, 0.2) is 24.3 Å². The van der Waals surface area contributed by atoms with Crippen LogP contribution in [-0.2, 0) is 6.54 Å². The molecule has 308 valence electrons. The molecule has 0 aliphatic rings. The minimum absolute atomic E-state index is 0.273. The number of halogens is 2. The van der Waals surface area contributed by atoms with Crippen molar-refractivity contribution in [3.8, 4) is 20.9 Å². The van der Waals surface area contributed by atoms with Crippen molar-refractivity contribution in [3.05, 3.63) is 40.8 Å². The van der Waals surface area contributed by atoms with Crippen molar-refractivity contribution in [1.29, 1.82) is 0 Å². The molecule has 0 N–H and O–H groups in total. The Labute approximate surface area is 346 Å². The van der Waals surface area contributed by atoms with Crippen molar-refractivity contribution in [3.63, 3.8) is 0 Å². The van der Waals surface area contributed by atoms with Gasteiger partial charge in [0.1, 0.15) is 0 Å². The number of unbranched alkanes of at least 4 members (excludes halogenated alkanes) is 15. The molecule has 3 nitrogen and oxygen atoms in total. The standard InChI is InChI=1S/C35H48F2N3S2.3C4H9.Sn/c1-4-6-8-10-12-13-15-17-20-27(19-16-14-11-9-7-5-2)25-40-38-34-30(28-21-18-24-41-28)32(36)33(37)31(35(34)39-40)29-23-22-26(3)42-29;3*1-3-4-2;/h18,21-23,27H,4-17,19-20,25H2,1-3H3;3*1,3-4H2,2H3;. The summed E-state index contributed by atoms with van der Waals surface area (Å²) < 4.78 is 38.9. The van der Waals surface area contributed by atoms with Gasteiger partial charge in [-0.05, 0) is 0 Å². The van der Waals surface area contributed by atoms with Crippen LogP contribution in [0.25, 0.3) is 31.9 Å². The van der Waals surface area contributed by atoms with E-state index in [4.69, 9.17) is 10.2 Å². The molecule has 1 atom stereocenters. The molecule has 3 aromatic heterocycles. The molecule has 0 bridgehead atoms. The molecular weight excluding hydrogens is 827 g/mol. The molecule has 4 rings (SSSR count). The normalized spacial score (nSPS) is 12.7. The Morgan fingerprint density at radius 3 is 1.40 bits per heavy atom. The van der Waals surface area contributed by atoms with Crippen LogP contribution in [0.1, 0.15) is 181 Å². The average Bonchev–Trinajstić information content (AvgIpc) is 3.95. The molecule has 0 saturated heterocycles. The number of thiophene rings is 2. The Bertz CT molecular complexity index is 1640. The molecule has 0 aliphatic heterocycles. The first-order valence-corrected chi connectivity index (χ1v) is 31.9. The molecule has 3 heterocycles. The van der Waals surface area contributed by atoms with E-state index in [1.807, 2.05) is 23.9 Å². The predicted molar refractivity (Wildman–Crippen MR) is 242 cm³/mol. The van der Waals surface area contributed by atoms with Gasteiger partial charge in [-0.15, -0.1) is 0 Å². The number of hydrogen-bond acceptors (Lipinski definition) is 4. The van der Waals surface area contributed by atoms with Gasteiger partial charge < -0.3 is 0 Å². The quantitative estimate of drug-likeness (QED) is 0.0386. The summed E-state index contributed by atoms with van der Waals surface area (Å²) in [6.07, 6.45) is 28.0. The van der Waals surface area contributed by atoms with Crippen molar-refractivity contribution < 1.29 is 8.78 Å². The molecule has 0 radical (unpaired) electrons. The Kier molecular flexibility index (Phi) is 21.3. The number of rotatable bonds is 30. The number of nitrogens with zero attached hydrogens (tertiary/aromatic N) is 3. The molecule has 1 unspecified atom stereocenters. The average molecular weight is 903 g/mol. The predicted octanol–water partition coefficient (Wildman–Crippen LogP) is 16.4. The van der Waals surface area contributed by atoms with Gasteiger partial charge >= 0.3 is 271 Å². The zero-order valence-electron chi connectivity index (χ0n) is 35.7. The fourth-order valence-electron chi connectivity index (χ4n) is 8.60. The molecular formula is C47H75F2N3S2Sn. The summed E-state index contributed by atoms with van der Waals surface area (Å²) in [6.45, 7) is 14.2. The van der Waals surface area contributed by atoms with Gasteiger partial charge in [0.05, 0.1) is 0 Å². The maximum absolute atomic E-state index is 16.8. The van der Waals surface area contributed by atoms with Crippen LogP contribution in [0, 0.1) is 24.5 Å². The molecule has 0 spiro atoms. The molecule has 55 heavy (non-hydrogen) atoms. The fraction of sp³-hybridized carbons (Fsp3) is 0.702. The van der Waals surface area contributed by atoms with Gasteiger partial charge in [0.25, 0.3) is 0 Å². The van der Waals surface area contributed by atoms with Gasteiger partial charge in [-0.2, -0.15) is 0 Å². The van der Waals surface area contributed by atoms with Crippen molar-refractivity contribution in [2.24, 2.45) is 5.92 Å². The van der Waals surface area contributed by atoms with E-state index in [-0.39, 0.29) is 5.56 Å². The molecule has 8 heteroatoms. The van der Waals surface area contributed by atoms with Crippen LogP contribution < -0.4 is 2.89 Å². The van der Waals surface area contributed by atoms with E-state index in [9.17, 15) is 0 Å². The summed E-state index contributed by atoms with van der Waals surface area (Å²) in [4.78, 5) is 4.44. The fourth-order valence-corrected chi connectivity index (χ4v) is 29.7. The van der Waals surface area contributed by atoms with E-state index in [1.54, 1.807) is 11.3 Å². The first kappa shape index (κ1) is 46.4. The number of aryl methyl sites for hydroxylation is 1. The Hall–Kier alpha value is -1.32. The SMILES string of the molecule is CCCCCCCCCCC(CCCCCCCC)Cn1nc2c(-c3ccc(C)s3)c(F)c(F)c(-c3cc[c]([Sn]([CH2]CCC)([CH2]CCC)[CH2]CCC)s3)c2n1. The summed E-state index contributed by atoms with van der Waals surface area (Å²) in [5, 5.41) is 10.2. The van der Waals surface area contributed by atoms with Crippen molar-refractivity contribution in [1.82, 2.24) is 15.0 Å². The van der Waals surface area contributed by atoms with E-state index in [1.165, 1.54) is 156 Å². The van der Waals surface area contributed by atoms with E-state index >= 15 is 8.78 Å². The first-order chi connectivity index (χ1) is 26.8. The summed E-state index contributed by atoms with van der Waals surface area (Å²) >= 11 is 0.489. The molecule has 0 amide bonds. The Balaban J connectivity index is 1.71. The monoisotopic (exact) mass is 903 g/mol. The third kappa shape index (κ3) is 13.6. The van der Waals surface area contributed by atoms with Gasteiger partial charge in [0.15, 0.2) is 0 Å². The van der Waals surface area contributed by atoms with E-state index < -0.39 is 30.0 Å². The van der Waals surface area contributed by atoms with E-state index in [2.05, 4.69) is 46.8 Å². The second-order valence-electron chi connectivity index (χ2n) is 16.7. The first-order valence-electron chi connectivity index (χ1n) is 22.8. The van der Waals surface area contributed by atoms with Gasteiger partial charge in [0, 0.05) is 0 Å². The molecule has 4 aromatic rings. The van der Waals surface area contributed by atoms with Gasteiger partial charge in [-0.1, -0.05) is 78.1 Å². The van der Waals surface area contributed by atoms with Crippen LogP contribution in [0.5, 0.6) is 0 Å². The summed E-state index contributed by atoms with van der Waals surface area (Å²) in [5.41, 5.74) is 1.63. The number of hydrogen-bond donors (Lipinski definition) is 0. The van der Waals surface area contributed by atoms with E-state index in [0.717, 1.165) is 27.5 Å². The molecule has 0 aliphatic carbocycles. The van der Waals surface area contributed by atoms with Crippen LogP contribution in [0.4, 0.5) is 8.78 Å². The molecule has 0 fully saturated rings. The molecule has 1 aromatic carbocycles. The van der Waals surface area contributed by atoms with Crippen molar-refractivity contribution >= 4 is 55.0 Å². The second-order valence-corrected chi connectivity index (χ2v) is 33.2. The summed E-state index contributed by atoms with van der Waals surface area (Å²) in [7, 11) is 0.